The van der Waals surface area contributed by atoms with Crippen molar-refractivity contribution in [3.05, 3.63) is 15.8 Å². The minimum absolute atomic E-state index is 0.0457. The number of anilines is 1. The Morgan fingerprint density at radius 1 is 1.45 bits per heavy atom. The number of rotatable bonds is 2. The monoisotopic (exact) mass is 292 g/mol. The summed E-state index contributed by atoms with van der Waals surface area (Å²) < 4.78 is 0. The molecule has 2 aliphatic rings. The Morgan fingerprint density at radius 3 is 2.60 bits per heavy atom. The van der Waals surface area contributed by atoms with Crippen molar-refractivity contribution in [2.24, 2.45) is 16.7 Å². The molecule has 2 fully saturated rings. The van der Waals surface area contributed by atoms with Crippen molar-refractivity contribution in [2.75, 3.05) is 5.73 Å². The number of amides is 1. The maximum absolute atomic E-state index is 12.4. The number of carbonyl (C=O) groups is 1. The first-order valence-electron chi connectivity index (χ1n) is 7.42. The average molecular weight is 292 g/mol. The third-order valence-electron chi connectivity index (χ3n) is 6.28. The molecular weight excluding hydrogens is 268 g/mol. The number of aryl methyl sites for hydroxylation is 1. The van der Waals surface area contributed by atoms with Gasteiger partial charge in [-0.05, 0) is 49.0 Å². The van der Waals surface area contributed by atoms with E-state index in [1.807, 2.05) is 6.92 Å². The van der Waals surface area contributed by atoms with E-state index in [2.05, 4.69) is 26.1 Å². The van der Waals surface area contributed by atoms with Crippen LogP contribution in [0.3, 0.4) is 0 Å². The van der Waals surface area contributed by atoms with Crippen LogP contribution in [-0.4, -0.2) is 11.9 Å². The molecule has 0 saturated heterocycles. The van der Waals surface area contributed by atoms with Crippen molar-refractivity contribution in [3.63, 3.8) is 0 Å². The molecule has 0 radical (unpaired) electrons. The lowest BCUT2D eigenvalue weighted by Gasteiger charge is -2.39. The number of nitrogen functional groups attached to an aromatic ring is 1. The number of nitrogens with two attached hydrogens (primary N) is 1. The van der Waals surface area contributed by atoms with Gasteiger partial charge in [-0.25, -0.2) is 0 Å². The normalized spacial score (nSPS) is 34.4. The van der Waals surface area contributed by atoms with E-state index >= 15 is 0 Å². The van der Waals surface area contributed by atoms with Gasteiger partial charge in [0.1, 0.15) is 0 Å². The van der Waals surface area contributed by atoms with Crippen molar-refractivity contribution >= 4 is 22.9 Å². The molecule has 3 N–H and O–H groups in total. The average Bonchev–Trinajstić information content (AvgIpc) is 2.87. The van der Waals surface area contributed by atoms with Crippen molar-refractivity contribution in [3.8, 4) is 0 Å². The van der Waals surface area contributed by atoms with Gasteiger partial charge in [-0.3, -0.25) is 4.79 Å². The zero-order valence-electron chi connectivity index (χ0n) is 12.7. The summed E-state index contributed by atoms with van der Waals surface area (Å²) in [5.74, 6) is 0.789. The zero-order valence-corrected chi connectivity index (χ0v) is 13.6. The SMILES string of the molecule is Cc1sc(C(=O)NC2CC3CCC2(C)C3(C)C)cc1N. The first-order chi connectivity index (χ1) is 9.25. The molecule has 3 atom stereocenters. The van der Waals surface area contributed by atoms with Gasteiger partial charge in [-0.2, -0.15) is 0 Å². The molecule has 2 bridgehead atoms. The van der Waals surface area contributed by atoms with Gasteiger partial charge in [0, 0.05) is 16.6 Å². The van der Waals surface area contributed by atoms with E-state index in [-0.39, 0.29) is 11.3 Å². The van der Waals surface area contributed by atoms with Crippen LogP contribution in [0.4, 0.5) is 5.69 Å². The van der Waals surface area contributed by atoms with Crippen molar-refractivity contribution in [1.29, 1.82) is 0 Å². The fraction of sp³-hybridized carbons (Fsp3) is 0.688. The maximum Gasteiger partial charge on any atom is 0.261 e. The topological polar surface area (TPSA) is 55.1 Å². The highest BCUT2D eigenvalue weighted by atomic mass is 32.1. The van der Waals surface area contributed by atoms with E-state index in [1.54, 1.807) is 6.07 Å². The molecule has 0 spiro atoms. The Balaban J connectivity index is 1.78. The highest BCUT2D eigenvalue weighted by Crippen LogP contribution is 2.65. The van der Waals surface area contributed by atoms with Crippen molar-refractivity contribution in [2.45, 2.75) is 53.0 Å². The van der Waals surface area contributed by atoms with Crippen LogP contribution in [0.2, 0.25) is 0 Å². The summed E-state index contributed by atoms with van der Waals surface area (Å²) in [7, 11) is 0. The Hall–Kier alpha value is -1.03. The van der Waals surface area contributed by atoms with Crippen LogP contribution in [0.15, 0.2) is 6.07 Å². The van der Waals surface area contributed by atoms with E-state index < -0.39 is 0 Å². The van der Waals surface area contributed by atoms with Crippen LogP contribution in [0.1, 0.15) is 54.6 Å². The molecule has 3 nitrogen and oxygen atoms in total. The maximum atomic E-state index is 12.4. The summed E-state index contributed by atoms with van der Waals surface area (Å²) in [6.45, 7) is 9.03. The molecule has 0 aromatic carbocycles. The quantitative estimate of drug-likeness (QED) is 0.875. The van der Waals surface area contributed by atoms with Crippen LogP contribution < -0.4 is 11.1 Å². The Labute approximate surface area is 124 Å². The minimum Gasteiger partial charge on any atom is -0.398 e. The molecule has 3 unspecified atom stereocenters. The Bertz CT molecular complexity index is 543. The lowest BCUT2D eigenvalue weighted by atomic mass is 9.69. The van der Waals surface area contributed by atoms with Gasteiger partial charge in [0.05, 0.1) is 4.88 Å². The predicted molar refractivity (Wildman–Crippen MR) is 84.0 cm³/mol. The van der Waals surface area contributed by atoms with Gasteiger partial charge in [-0.15, -0.1) is 11.3 Å². The largest absolute Gasteiger partial charge is 0.398 e. The summed E-state index contributed by atoms with van der Waals surface area (Å²) in [6.07, 6.45) is 3.65. The van der Waals surface area contributed by atoms with Gasteiger partial charge in [0.25, 0.3) is 5.91 Å². The molecule has 4 heteroatoms. The second-order valence-corrected chi connectivity index (χ2v) is 8.52. The summed E-state index contributed by atoms with van der Waals surface area (Å²) in [4.78, 5) is 14.2. The number of fused-ring (bicyclic) bond motifs is 2. The second kappa shape index (κ2) is 4.23. The smallest absolute Gasteiger partial charge is 0.261 e. The first kappa shape index (κ1) is 13.9. The number of hydrogen-bond donors (Lipinski definition) is 2. The fourth-order valence-electron chi connectivity index (χ4n) is 4.26. The molecule has 1 amide bonds. The van der Waals surface area contributed by atoms with E-state index in [4.69, 9.17) is 5.73 Å². The molecule has 1 aromatic rings. The minimum atomic E-state index is 0.0457. The second-order valence-electron chi connectivity index (χ2n) is 7.26. The molecule has 1 aromatic heterocycles. The van der Waals surface area contributed by atoms with Crippen LogP contribution in [0, 0.1) is 23.7 Å². The molecule has 2 aliphatic carbocycles. The van der Waals surface area contributed by atoms with Crippen LogP contribution >= 0.6 is 11.3 Å². The van der Waals surface area contributed by atoms with E-state index in [9.17, 15) is 4.79 Å². The highest BCUT2D eigenvalue weighted by molar-refractivity contribution is 7.14. The lowest BCUT2D eigenvalue weighted by Crippen LogP contribution is -2.46. The number of hydrogen-bond acceptors (Lipinski definition) is 3. The van der Waals surface area contributed by atoms with Crippen LogP contribution in [0.5, 0.6) is 0 Å². The Morgan fingerprint density at radius 2 is 2.15 bits per heavy atom. The van der Waals surface area contributed by atoms with Crippen molar-refractivity contribution in [1.82, 2.24) is 5.32 Å². The molecule has 0 aliphatic heterocycles. The van der Waals surface area contributed by atoms with E-state index in [0.29, 0.717) is 11.5 Å². The van der Waals surface area contributed by atoms with E-state index in [0.717, 1.165) is 27.8 Å². The molecule has 20 heavy (non-hydrogen) atoms. The first-order valence-corrected chi connectivity index (χ1v) is 8.24. The van der Waals surface area contributed by atoms with Crippen LogP contribution in [0.25, 0.3) is 0 Å². The molecule has 1 heterocycles. The Kier molecular flexibility index (Phi) is 2.95. The number of thiophene rings is 1. The van der Waals surface area contributed by atoms with E-state index in [1.165, 1.54) is 24.2 Å². The van der Waals surface area contributed by atoms with Gasteiger partial charge in [0.2, 0.25) is 0 Å². The van der Waals surface area contributed by atoms with Gasteiger partial charge in [0.15, 0.2) is 0 Å². The molecule has 110 valence electrons. The third-order valence-corrected chi connectivity index (χ3v) is 7.34. The predicted octanol–water partition coefficient (Wildman–Crippen LogP) is 3.58. The molecule has 2 saturated carbocycles. The summed E-state index contributed by atoms with van der Waals surface area (Å²) in [5, 5.41) is 3.28. The van der Waals surface area contributed by atoms with Gasteiger partial charge in [-0.1, -0.05) is 20.8 Å². The van der Waals surface area contributed by atoms with Gasteiger partial charge >= 0.3 is 0 Å². The third kappa shape index (κ3) is 1.73. The summed E-state index contributed by atoms with van der Waals surface area (Å²) >= 11 is 1.49. The number of carbonyl (C=O) groups excluding carboxylic acids is 1. The van der Waals surface area contributed by atoms with Crippen molar-refractivity contribution < 1.29 is 4.79 Å². The summed E-state index contributed by atoms with van der Waals surface area (Å²) in [5.41, 5.74) is 7.12. The molecular formula is C16H24N2OS. The lowest BCUT2D eigenvalue weighted by molar-refractivity contribution is 0.0830. The highest BCUT2D eigenvalue weighted by Gasteiger charge is 2.61. The van der Waals surface area contributed by atoms with Gasteiger partial charge < -0.3 is 11.1 Å². The zero-order chi connectivity index (χ0) is 14.7. The number of nitrogens with one attached hydrogen (secondary N) is 1. The molecule has 3 rings (SSSR count). The van der Waals surface area contributed by atoms with Crippen LogP contribution in [-0.2, 0) is 0 Å². The summed E-state index contributed by atoms with van der Waals surface area (Å²) in [6, 6.07) is 2.10. The standard InChI is InChI=1S/C16H24N2OS/c1-9-11(17)8-12(20-9)14(19)18-13-7-10-5-6-16(13,4)15(10,2)3/h8,10,13H,5-7,17H2,1-4H3,(H,18,19). The fourth-order valence-corrected chi connectivity index (χ4v) is 5.10.